The maximum atomic E-state index is 12.0. The van der Waals surface area contributed by atoms with E-state index in [2.05, 4.69) is 5.32 Å². The van der Waals surface area contributed by atoms with Gasteiger partial charge in [0.2, 0.25) is 5.91 Å². The Hall–Kier alpha value is -1.88. The van der Waals surface area contributed by atoms with Crippen LogP contribution in [0.3, 0.4) is 0 Å². The van der Waals surface area contributed by atoms with Gasteiger partial charge in [-0.15, -0.1) is 0 Å². The van der Waals surface area contributed by atoms with Crippen molar-refractivity contribution in [3.05, 3.63) is 29.8 Å². The third-order valence-electron chi connectivity index (χ3n) is 3.10. The van der Waals surface area contributed by atoms with Crippen LogP contribution in [0.25, 0.3) is 0 Å². The number of ketones is 1. The van der Waals surface area contributed by atoms with Gasteiger partial charge in [-0.1, -0.05) is 12.1 Å². The number of nitrogens with one attached hydrogen (secondary N) is 1. The number of hydrogen-bond acceptors (Lipinski definition) is 4. The normalized spacial score (nSPS) is 15.1. The Morgan fingerprint density at radius 1 is 1.26 bits per heavy atom. The minimum Gasteiger partial charge on any atom is -0.378 e. The molecule has 1 heterocycles. The van der Waals surface area contributed by atoms with Crippen LogP contribution in [0.4, 0.5) is 5.69 Å². The second-order valence-electron chi connectivity index (χ2n) is 4.45. The van der Waals surface area contributed by atoms with Crippen LogP contribution in [0.2, 0.25) is 0 Å². The number of hydrogen-bond donors (Lipinski definition) is 1. The summed E-state index contributed by atoms with van der Waals surface area (Å²) >= 11 is 0. The van der Waals surface area contributed by atoms with Crippen LogP contribution in [0.1, 0.15) is 17.3 Å². The number of carbonyl (C=O) groups excluding carboxylic acids is 2. The van der Waals surface area contributed by atoms with Gasteiger partial charge in [-0.05, 0) is 19.1 Å². The van der Waals surface area contributed by atoms with Gasteiger partial charge in [-0.25, -0.2) is 0 Å². The molecule has 0 atom stereocenters. The molecule has 5 nitrogen and oxygen atoms in total. The number of carbonyl (C=O) groups is 2. The largest absolute Gasteiger partial charge is 0.378 e. The average molecular weight is 262 g/mol. The van der Waals surface area contributed by atoms with E-state index in [-0.39, 0.29) is 18.2 Å². The van der Waals surface area contributed by atoms with Crippen molar-refractivity contribution in [3.63, 3.8) is 0 Å². The van der Waals surface area contributed by atoms with Gasteiger partial charge in [-0.3, -0.25) is 9.59 Å². The van der Waals surface area contributed by atoms with Crippen molar-refractivity contribution in [1.82, 2.24) is 4.90 Å². The lowest BCUT2D eigenvalue weighted by Crippen LogP contribution is -2.43. The Morgan fingerprint density at radius 3 is 2.63 bits per heavy atom. The lowest BCUT2D eigenvalue weighted by Gasteiger charge is -2.27. The van der Waals surface area contributed by atoms with Crippen LogP contribution in [0.5, 0.6) is 0 Å². The number of para-hydroxylation sites is 1. The number of benzene rings is 1. The van der Waals surface area contributed by atoms with E-state index >= 15 is 0 Å². The molecule has 1 aliphatic rings. The van der Waals surface area contributed by atoms with Gasteiger partial charge in [0.25, 0.3) is 0 Å². The van der Waals surface area contributed by atoms with Gasteiger partial charge in [0, 0.05) is 24.3 Å². The zero-order chi connectivity index (χ0) is 13.7. The monoisotopic (exact) mass is 262 g/mol. The molecule has 0 bridgehead atoms. The predicted octanol–water partition coefficient (Wildman–Crippen LogP) is 1.16. The van der Waals surface area contributed by atoms with Gasteiger partial charge in [0.05, 0.1) is 19.8 Å². The van der Waals surface area contributed by atoms with Crippen molar-refractivity contribution in [3.8, 4) is 0 Å². The number of anilines is 1. The number of ether oxygens (including phenoxy) is 1. The van der Waals surface area contributed by atoms with Gasteiger partial charge in [0.15, 0.2) is 5.78 Å². The molecule has 1 N–H and O–H groups in total. The summed E-state index contributed by atoms with van der Waals surface area (Å²) in [4.78, 5) is 25.2. The highest BCUT2D eigenvalue weighted by atomic mass is 16.5. The summed E-state index contributed by atoms with van der Waals surface area (Å²) in [5, 5.41) is 3.04. The fourth-order valence-corrected chi connectivity index (χ4v) is 2.04. The topological polar surface area (TPSA) is 58.6 Å². The van der Waals surface area contributed by atoms with Crippen molar-refractivity contribution < 1.29 is 14.3 Å². The Kier molecular flexibility index (Phi) is 4.52. The van der Waals surface area contributed by atoms with E-state index in [0.29, 0.717) is 37.6 Å². The number of morpholine rings is 1. The second kappa shape index (κ2) is 6.33. The van der Waals surface area contributed by atoms with Crippen LogP contribution in [0, 0.1) is 0 Å². The van der Waals surface area contributed by atoms with E-state index in [1.54, 1.807) is 11.0 Å². The number of rotatable bonds is 4. The van der Waals surface area contributed by atoms with E-state index in [1.807, 2.05) is 18.2 Å². The molecule has 1 aliphatic heterocycles. The molecule has 0 radical (unpaired) electrons. The van der Waals surface area contributed by atoms with Crippen LogP contribution in [-0.2, 0) is 9.53 Å². The van der Waals surface area contributed by atoms with Crippen molar-refractivity contribution in [2.75, 3.05) is 38.2 Å². The van der Waals surface area contributed by atoms with E-state index in [0.717, 1.165) is 0 Å². The first kappa shape index (κ1) is 13.5. The molecule has 0 unspecified atom stereocenters. The first-order valence-electron chi connectivity index (χ1n) is 6.38. The minimum atomic E-state index is -0.0121. The Labute approximate surface area is 112 Å². The van der Waals surface area contributed by atoms with Gasteiger partial charge in [-0.2, -0.15) is 0 Å². The Balaban J connectivity index is 1.94. The summed E-state index contributed by atoms with van der Waals surface area (Å²) in [7, 11) is 0. The maximum Gasteiger partial charge on any atom is 0.242 e. The molecule has 2 rings (SSSR count). The zero-order valence-electron chi connectivity index (χ0n) is 11.0. The molecule has 1 aromatic rings. The number of amides is 1. The molecular formula is C14H18N2O3. The Bertz CT molecular complexity index is 468. The standard InChI is InChI=1S/C14H18N2O3/c1-11(17)12-4-2-3-5-13(12)15-10-14(18)16-6-8-19-9-7-16/h2-5,15H,6-10H2,1H3. The van der Waals surface area contributed by atoms with E-state index in [9.17, 15) is 9.59 Å². The summed E-state index contributed by atoms with van der Waals surface area (Å²) in [5.41, 5.74) is 1.31. The first-order chi connectivity index (χ1) is 9.18. The molecule has 0 saturated carbocycles. The van der Waals surface area contributed by atoms with E-state index in [4.69, 9.17) is 4.74 Å². The van der Waals surface area contributed by atoms with Crippen molar-refractivity contribution in [1.29, 1.82) is 0 Å². The minimum absolute atomic E-state index is 0.0121. The first-order valence-corrected chi connectivity index (χ1v) is 6.38. The van der Waals surface area contributed by atoms with Crippen LogP contribution < -0.4 is 5.32 Å². The predicted molar refractivity (Wildman–Crippen MR) is 72.3 cm³/mol. The molecule has 102 valence electrons. The second-order valence-corrected chi connectivity index (χ2v) is 4.45. The fraction of sp³-hybridized carbons (Fsp3) is 0.429. The molecule has 0 aliphatic carbocycles. The zero-order valence-corrected chi connectivity index (χ0v) is 11.0. The van der Waals surface area contributed by atoms with Gasteiger partial charge >= 0.3 is 0 Å². The van der Waals surface area contributed by atoms with E-state index < -0.39 is 0 Å². The highest BCUT2D eigenvalue weighted by molar-refractivity contribution is 6.00. The van der Waals surface area contributed by atoms with Crippen molar-refractivity contribution in [2.45, 2.75) is 6.92 Å². The molecule has 1 aromatic carbocycles. The summed E-state index contributed by atoms with van der Waals surface area (Å²) in [6, 6.07) is 7.22. The molecule has 0 spiro atoms. The molecular weight excluding hydrogens is 244 g/mol. The van der Waals surface area contributed by atoms with Crippen LogP contribution >= 0.6 is 0 Å². The third kappa shape index (κ3) is 3.54. The van der Waals surface area contributed by atoms with Gasteiger partial charge in [0.1, 0.15) is 0 Å². The summed E-state index contributed by atoms with van der Waals surface area (Å²) in [6.07, 6.45) is 0. The highest BCUT2D eigenvalue weighted by Crippen LogP contribution is 2.15. The highest BCUT2D eigenvalue weighted by Gasteiger charge is 2.16. The number of nitrogens with zero attached hydrogens (tertiary/aromatic N) is 1. The number of Topliss-reactive ketones (excluding diaryl/α,β-unsaturated/α-hetero) is 1. The molecule has 0 aromatic heterocycles. The molecule has 1 amide bonds. The molecule has 1 fully saturated rings. The summed E-state index contributed by atoms with van der Waals surface area (Å²) < 4.78 is 5.20. The smallest absolute Gasteiger partial charge is 0.242 e. The molecule has 19 heavy (non-hydrogen) atoms. The Morgan fingerprint density at radius 2 is 1.95 bits per heavy atom. The fourth-order valence-electron chi connectivity index (χ4n) is 2.04. The lowest BCUT2D eigenvalue weighted by molar-refractivity contribution is -0.133. The van der Waals surface area contributed by atoms with Crippen molar-refractivity contribution >= 4 is 17.4 Å². The average Bonchev–Trinajstić information content (AvgIpc) is 2.46. The lowest BCUT2D eigenvalue weighted by atomic mass is 10.1. The summed E-state index contributed by atoms with van der Waals surface area (Å²) in [6.45, 7) is 4.17. The van der Waals surface area contributed by atoms with Gasteiger partial charge < -0.3 is 15.0 Å². The van der Waals surface area contributed by atoms with E-state index in [1.165, 1.54) is 6.92 Å². The third-order valence-corrected chi connectivity index (χ3v) is 3.10. The van der Waals surface area contributed by atoms with Crippen LogP contribution in [0.15, 0.2) is 24.3 Å². The molecule has 5 heteroatoms. The van der Waals surface area contributed by atoms with Crippen molar-refractivity contribution in [2.24, 2.45) is 0 Å². The summed E-state index contributed by atoms with van der Waals surface area (Å²) in [5.74, 6) is 0.0172. The maximum absolute atomic E-state index is 12.0. The van der Waals surface area contributed by atoms with Crippen LogP contribution in [-0.4, -0.2) is 49.4 Å². The quantitative estimate of drug-likeness (QED) is 0.827. The SMILES string of the molecule is CC(=O)c1ccccc1NCC(=O)N1CCOCC1. The molecule has 1 saturated heterocycles.